The molecule has 1 amide bonds. The van der Waals surface area contributed by atoms with Crippen LogP contribution in [-0.4, -0.2) is 20.4 Å². The molecule has 0 saturated carbocycles. The number of aromatic nitrogens is 3. The molecule has 0 aliphatic rings. The van der Waals surface area contributed by atoms with Crippen molar-refractivity contribution in [2.45, 2.75) is 6.92 Å². The van der Waals surface area contributed by atoms with Gasteiger partial charge in [0, 0.05) is 16.3 Å². The Labute approximate surface area is 135 Å². The van der Waals surface area contributed by atoms with E-state index in [0.717, 1.165) is 15.8 Å². The Morgan fingerprint density at radius 1 is 1.26 bits per heavy atom. The Morgan fingerprint density at radius 2 is 2.09 bits per heavy atom. The highest BCUT2D eigenvalue weighted by Gasteiger charge is 2.22. The average molecular weight is 323 g/mol. The molecule has 4 rings (SSSR count). The number of carbonyl (C=O) groups is 1. The van der Waals surface area contributed by atoms with Gasteiger partial charge in [0.1, 0.15) is 11.6 Å². The first-order chi connectivity index (χ1) is 11.1. The molecule has 0 spiro atoms. The first kappa shape index (κ1) is 13.7. The van der Waals surface area contributed by atoms with Crippen molar-refractivity contribution in [2.75, 3.05) is 5.73 Å². The molecule has 1 aromatic carbocycles. The zero-order valence-corrected chi connectivity index (χ0v) is 13.1. The number of benzene rings is 1. The van der Waals surface area contributed by atoms with Crippen LogP contribution in [0.1, 0.15) is 16.2 Å². The number of fused-ring (bicyclic) bond motifs is 2. The molecule has 23 heavy (non-hydrogen) atoms. The number of hydrogen-bond donors (Lipinski definition) is 2. The van der Waals surface area contributed by atoms with E-state index < -0.39 is 5.91 Å². The standard InChI is InChI=1S/C16H13N5OS/c1-8-19-7-10-13(15(18)22)14(17)21(16(10)20-8)11-3-2-4-12-9(11)5-6-23-12/h2-7H,17H2,1H3,(H2,18,22). The number of hydrogen-bond acceptors (Lipinski definition) is 5. The monoisotopic (exact) mass is 323 g/mol. The summed E-state index contributed by atoms with van der Waals surface area (Å²) in [5, 5.41) is 3.63. The van der Waals surface area contributed by atoms with E-state index in [1.54, 1.807) is 29.0 Å². The molecule has 0 atom stereocenters. The molecule has 114 valence electrons. The number of rotatable bonds is 2. The van der Waals surface area contributed by atoms with Crippen molar-refractivity contribution < 1.29 is 4.79 Å². The molecular formula is C16H13N5OS. The number of carbonyl (C=O) groups excluding carboxylic acids is 1. The van der Waals surface area contributed by atoms with Gasteiger partial charge in [0.25, 0.3) is 5.91 Å². The zero-order valence-electron chi connectivity index (χ0n) is 12.3. The molecule has 3 heterocycles. The molecule has 4 N–H and O–H groups in total. The second-order valence-corrected chi connectivity index (χ2v) is 6.17. The summed E-state index contributed by atoms with van der Waals surface area (Å²) in [6.07, 6.45) is 1.60. The van der Waals surface area contributed by atoms with Crippen LogP contribution < -0.4 is 11.5 Å². The molecule has 0 radical (unpaired) electrons. The van der Waals surface area contributed by atoms with Crippen molar-refractivity contribution >= 4 is 44.2 Å². The second kappa shape index (κ2) is 4.79. The first-order valence-corrected chi connectivity index (χ1v) is 7.86. The van der Waals surface area contributed by atoms with Crippen LogP contribution in [0.2, 0.25) is 0 Å². The fourth-order valence-corrected chi connectivity index (χ4v) is 3.65. The smallest absolute Gasteiger partial charge is 0.253 e. The predicted molar refractivity (Wildman–Crippen MR) is 91.9 cm³/mol. The van der Waals surface area contributed by atoms with Gasteiger partial charge in [0.05, 0.1) is 16.6 Å². The molecule has 4 aromatic rings. The lowest BCUT2D eigenvalue weighted by Crippen LogP contribution is -2.13. The highest BCUT2D eigenvalue weighted by atomic mass is 32.1. The number of nitrogens with two attached hydrogens (primary N) is 2. The highest BCUT2D eigenvalue weighted by Crippen LogP contribution is 2.34. The largest absolute Gasteiger partial charge is 0.384 e. The lowest BCUT2D eigenvalue weighted by atomic mass is 10.2. The number of amides is 1. The van der Waals surface area contributed by atoms with Crippen LogP contribution in [0, 0.1) is 6.92 Å². The van der Waals surface area contributed by atoms with E-state index in [4.69, 9.17) is 11.5 Å². The maximum Gasteiger partial charge on any atom is 0.253 e. The van der Waals surface area contributed by atoms with Crippen molar-refractivity contribution in [1.82, 2.24) is 14.5 Å². The Hall–Kier alpha value is -2.93. The quantitative estimate of drug-likeness (QED) is 0.592. The van der Waals surface area contributed by atoms with Gasteiger partial charge in [-0.1, -0.05) is 6.07 Å². The molecule has 0 bridgehead atoms. The lowest BCUT2D eigenvalue weighted by Gasteiger charge is -2.09. The SMILES string of the molecule is Cc1ncc2c(C(N)=O)c(N)n(-c3cccc4sccc34)c2n1. The normalized spacial score (nSPS) is 11.3. The minimum Gasteiger partial charge on any atom is -0.384 e. The third kappa shape index (κ3) is 1.90. The maximum atomic E-state index is 11.9. The van der Waals surface area contributed by atoms with Crippen LogP contribution in [0.25, 0.3) is 26.8 Å². The van der Waals surface area contributed by atoms with Crippen LogP contribution in [0.4, 0.5) is 5.82 Å². The molecule has 0 aliphatic carbocycles. The van der Waals surface area contributed by atoms with Crippen molar-refractivity contribution in [2.24, 2.45) is 5.73 Å². The summed E-state index contributed by atoms with van der Waals surface area (Å²) < 4.78 is 2.91. The summed E-state index contributed by atoms with van der Waals surface area (Å²) in [4.78, 5) is 20.5. The van der Waals surface area contributed by atoms with Gasteiger partial charge in [-0.2, -0.15) is 0 Å². The minimum absolute atomic E-state index is 0.257. The predicted octanol–water partition coefficient (Wildman–Crippen LogP) is 2.62. The topological polar surface area (TPSA) is 99.8 Å². The lowest BCUT2D eigenvalue weighted by molar-refractivity contribution is 0.100. The zero-order chi connectivity index (χ0) is 16.1. The van der Waals surface area contributed by atoms with E-state index in [1.165, 1.54) is 0 Å². The van der Waals surface area contributed by atoms with Gasteiger partial charge in [0.15, 0.2) is 5.65 Å². The molecule has 6 nitrogen and oxygen atoms in total. The molecule has 0 saturated heterocycles. The van der Waals surface area contributed by atoms with Crippen LogP contribution in [0.5, 0.6) is 0 Å². The van der Waals surface area contributed by atoms with Crippen LogP contribution in [-0.2, 0) is 0 Å². The van der Waals surface area contributed by atoms with Gasteiger partial charge in [0.2, 0.25) is 0 Å². The third-order valence-corrected chi connectivity index (χ3v) is 4.71. The molecular weight excluding hydrogens is 310 g/mol. The van der Waals surface area contributed by atoms with Gasteiger partial charge in [-0.3, -0.25) is 9.36 Å². The molecule has 0 fully saturated rings. The Morgan fingerprint density at radius 3 is 2.87 bits per heavy atom. The summed E-state index contributed by atoms with van der Waals surface area (Å²) in [7, 11) is 0. The van der Waals surface area contributed by atoms with Gasteiger partial charge in [-0.05, 0) is 30.5 Å². The summed E-state index contributed by atoms with van der Waals surface area (Å²) >= 11 is 1.65. The van der Waals surface area contributed by atoms with Crippen LogP contribution in [0.15, 0.2) is 35.8 Å². The number of primary amides is 1. The fourth-order valence-electron chi connectivity index (χ4n) is 2.84. The second-order valence-electron chi connectivity index (χ2n) is 5.22. The Kier molecular flexibility index (Phi) is 2.85. The van der Waals surface area contributed by atoms with E-state index in [9.17, 15) is 4.79 Å². The van der Waals surface area contributed by atoms with Crippen molar-refractivity contribution in [3.05, 3.63) is 47.2 Å². The number of aryl methyl sites for hydroxylation is 1. The van der Waals surface area contributed by atoms with Gasteiger partial charge in [-0.15, -0.1) is 11.3 Å². The van der Waals surface area contributed by atoms with Crippen molar-refractivity contribution in [3.8, 4) is 5.69 Å². The first-order valence-electron chi connectivity index (χ1n) is 6.98. The van der Waals surface area contributed by atoms with Crippen LogP contribution in [0.3, 0.4) is 0 Å². The van der Waals surface area contributed by atoms with E-state index in [1.807, 2.05) is 29.6 Å². The van der Waals surface area contributed by atoms with Gasteiger partial charge >= 0.3 is 0 Å². The van der Waals surface area contributed by atoms with Gasteiger partial charge in [-0.25, -0.2) is 9.97 Å². The Bertz CT molecular complexity index is 1080. The summed E-state index contributed by atoms with van der Waals surface area (Å²) in [6.45, 7) is 1.79. The van der Waals surface area contributed by atoms with Gasteiger partial charge < -0.3 is 11.5 Å². The molecule has 0 aliphatic heterocycles. The van der Waals surface area contributed by atoms with E-state index in [2.05, 4.69) is 9.97 Å². The van der Waals surface area contributed by atoms with E-state index >= 15 is 0 Å². The summed E-state index contributed by atoms with van der Waals surface area (Å²) in [5.74, 6) is 0.298. The maximum absolute atomic E-state index is 11.9. The third-order valence-electron chi connectivity index (χ3n) is 3.83. The fraction of sp³-hybridized carbons (Fsp3) is 0.0625. The number of nitrogen functional groups attached to an aromatic ring is 1. The average Bonchev–Trinajstić information content (AvgIpc) is 3.08. The number of anilines is 1. The van der Waals surface area contributed by atoms with Crippen molar-refractivity contribution in [3.63, 3.8) is 0 Å². The van der Waals surface area contributed by atoms with Crippen molar-refractivity contribution in [1.29, 1.82) is 0 Å². The highest BCUT2D eigenvalue weighted by molar-refractivity contribution is 7.17. The molecule has 7 heteroatoms. The number of nitrogens with zero attached hydrogens (tertiary/aromatic N) is 3. The minimum atomic E-state index is -0.587. The molecule has 0 unspecified atom stereocenters. The molecule has 3 aromatic heterocycles. The van der Waals surface area contributed by atoms with Crippen LogP contribution >= 0.6 is 11.3 Å². The van der Waals surface area contributed by atoms with E-state index in [-0.39, 0.29) is 11.4 Å². The van der Waals surface area contributed by atoms with E-state index in [0.29, 0.717) is 16.9 Å². The Balaban J connectivity index is 2.19. The summed E-state index contributed by atoms with van der Waals surface area (Å²) in [6, 6.07) is 7.98. The number of thiophene rings is 1. The summed E-state index contributed by atoms with van der Waals surface area (Å²) in [5.41, 5.74) is 13.5.